The van der Waals surface area contributed by atoms with Crippen LogP contribution in [0.15, 0.2) is 36.4 Å². The number of rotatable bonds is 6. The molecule has 2 unspecified atom stereocenters. The first kappa shape index (κ1) is 20.5. The maximum atomic E-state index is 12.4. The lowest BCUT2D eigenvalue weighted by Crippen LogP contribution is -2.39. The van der Waals surface area contributed by atoms with Gasteiger partial charge in [-0.2, -0.15) is 0 Å². The van der Waals surface area contributed by atoms with Crippen LogP contribution < -0.4 is 10.6 Å². The number of nitrogens with one attached hydrogen (secondary N) is 2. The van der Waals surface area contributed by atoms with E-state index in [9.17, 15) is 14.9 Å². The van der Waals surface area contributed by atoms with Crippen LogP contribution in [0, 0.1) is 10.1 Å². The number of nitro benzene ring substituents is 1. The van der Waals surface area contributed by atoms with E-state index in [2.05, 4.69) is 10.6 Å². The Morgan fingerprint density at radius 2 is 1.69 bits per heavy atom. The summed E-state index contributed by atoms with van der Waals surface area (Å²) in [5.41, 5.74) is 0.892. The summed E-state index contributed by atoms with van der Waals surface area (Å²) in [5, 5.41) is 17.7. The molecule has 6 nitrogen and oxygen atoms in total. The highest BCUT2D eigenvalue weighted by Gasteiger charge is 2.19. The van der Waals surface area contributed by atoms with Gasteiger partial charge in [-0.1, -0.05) is 40.9 Å². The maximum Gasteiger partial charge on any atom is 0.271 e. The van der Waals surface area contributed by atoms with Crippen LogP contribution in [0.4, 0.5) is 11.4 Å². The highest BCUT2D eigenvalue weighted by atomic mass is 35.5. The normalized spacial score (nSPS) is 13.1. The number of non-ortho nitro benzene ring substituents is 1. The largest absolute Gasteiger partial charge is 0.323 e. The van der Waals surface area contributed by atoms with Gasteiger partial charge in [0.1, 0.15) is 0 Å². The van der Waals surface area contributed by atoms with E-state index in [1.54, 1.807) is 19.1 Å². The molecule has 0 fully saturated rings. The topological polar surface area (TPSA) is 84.3 Å². The van der Waals surface area contributed by atoms with E-state index in [0.29, 0.717) is 10.0 Å². The standard InChI is InChI=1S/C17H16Cl3N3O3/c1-9(11-3-5-13(18)15(20)7-11)21-10(2)17(24)22-16-8-12(23(25)26)4-6-14(16)19/h3-10,21H,1-2H3,(H,22,24). The summed E-state index contributed by atoms with van der Waals surface area (Å²) in [4.78, 5) is 22.7. The molecule has 0 aliphatic heterocycles. The zero-order valence-electron chi connectivity index (χ0n) is 13.9. The molecule has 138 valence electrons. The Morgan fingerprint density at radius 3 is 2.31 bits per heavy atom. The molecule has 2 N–H and O–H groups in total. The van der Waals surface area contributed by atoms with E-state index in [-0.39, 0.29) is 28.3 Å². The van der Waals surface area contributed by atoms with Crippen molar-refractivity contribution in [3.63, 3.8) is 0 Å². The van der Waals surface area contributed by atoms with Crippen molar-refractivity contribution >= 4 is 52.1 Å². The number of halogens is 3. The summed E-state index contributed by atoms with van der Waals surface area (Å²) < 4.78 is 0. The molecule has 0 aromatic heterocycles. The van der Waals surface area contributed by atoms with Crippen LogP contribution in [-0.2, 0) is 4.79 Å². The zero-order chi connectivity index (χ0) is 19.4. The number of anilines is 1. The Labute approximate surface area is 165 Å². The van der Waals surface area contributed by atoms with Crippen molar-refractivity contribution < 1.29 is 9.72 Å². The second kappa shape index (κ2) is 8.68. The van der Waals surface area contributed by atoms with Crippen molar-refractivity contribution in [2.75, 3.05) is 5.32 Å². The van der Waals surface area contributed by atoms with Gasteiger partial charge in [-0.3, -0.25) is 20.2 Å². The number of hydrogen-bond acceptors (Lipinski definition) is 4. The summed E-state index contributed by atoms with van der Waals surface area (Å²) in [6.45, 7) is 3.55. The van der Waals surface area contributed by atoms with E-state index in [0.717, 1.165) is 5.56 Å². The quantitative estimate of drug-likeness (QED) is 0.498. The molecule has 2 aromatic rings. The highest BCUT2D eigenvalue weighted by molar-refractivity contribution is 6.42. The Bertz CT molecular complexity index is 845. The molecule has 0 spiro atoms. The molecule has 9 heteroatoms. The third-order valence-corrected chi connectivity index (χ3v) is 4.82. The summed E-state index contributed by atoms with van der Waals surface area (Å²) in [6.07, 6.45) is 0. The third-order valence-electron chi connectivity index (χ3n) is 3.76. The molecule has 0 aliphatic rings. The Hall–Kier alpha value is -1.86. The molecule has 2 atom stereocenters. The van der Waals surface area contributed by atoms with Gasteiger partial charge in [0.25, 0.3) is 5.69 Å². The van der Waals surface area contributed by atoms with Crippen molar-refractivity contribution in [1.29, 1.82) is 0 Å². The minimum Gasteiger partial charge on any atom is -0.323 e. The molecule has 0 aliphatic carbocycles. The van der Waals surface area contributed by atoms with Crippen molar-refractivity contribution in [3.05, 3.63) is 67.1 Å². The van der Waals surface area contributed by atoms with Gasteiger partial charge in [0.15, 0.2) is 0 Å². The van der Waals surface area contributed by atoms with Crippen LogP contribution in [0.25, 0.3) is 0 Å². The number of nitro groups is 1. The van der Waals surface area contributed by atoms with Crippen molar-refractivity contribution in [2.24, 2.45) is 0 Å². The second-order valence-electron chi connectivity index (χ2n) is 5.69. The molecule has 0 bridgehead atoms. The van der Waals surface area contributed by atoms with Crippen LogP contribution in [0.1, 0.15) is 25.5 Å². The summed E-state index contributed by atoms with van der Waals surface area (Å²) in [7, 11) is 0. The first-order chi connectivity index (χ1) is 12.2. The Kier molecular flexibility index (Phi) is 6.83. The fourth-order valence-electron chi connectivity index (χ4n) is 2.29. The average molecular weight is 417 g/mol. The van der Waals surface area contributed by atoms with Crippen LogP contribution in [0.5, 0.6) is 0 Å². The van der Waals surface area contributed by atoms with Gasteiger partial charge in [-0.25, -0.2) is 0 Å². The number of amides is 1. The molecule has 0 heterocycles. The number of benzene rings is 2. The predicted molar refractivity (Wildman–Crippen MR) is 104 cm³/mol. The predicted octanol–water partition coefficient (Wildman–Crippen LogP) is 5.23. The van der Waals surface area contributed by atoms with Gasteiger partial charge in [0.2, 0.25) is 5.91 Å². The van der Waals surface area contributed by atoms with Gasteiger partial charge in [-0.05, 0) is 37.6 Å². The molecule has 0 saturated carbocycles. The van der Waals surface area contributed by atoms with E-state index in [1.165, 1.54) is 18.2 Å². The number of carbonyl (C=O) groups is 1. The van der Waals surface area contributed by atoms with E-state index in [4.69, 9.17) is 34.8 Å². The number of hydrogen-bond donors (Lipinski definition) is 2. The van der Waals surface area contributed by atoms with Gasteiger partial charge in [-0.15, -0.1) is 0 Å². The molecule has 0 radical (unpaired) electrons. The van der Waals surface area contributed by atoms with Crippen LogP contribution in [-0.4, -0.2) is 16.9 Å². The van der Waals surface area contributed by atoms with Crippen LogP contribution in [0.3, 0.4) is 0 Å². The Morgan fingerprint density at radius 1 is 1.04 bits per heavy atom. The third kappa shape index (κ3) is 5.08. The minimum atomic E-state index is -0.588. The lowest BCUT2D eigenvalue weighted by molar-refractivity contribution is -0.384. The lowest BCUT2D eigenvalue weighted by atomic mass is 10.1. The maximum absolute atomic E-state index is 12.4. The van der Waals surface area contributed by atoms with Crippen molar-refractivity contribution in [2.45, 2.75) is 25.9 Å². The van der Waals surface area contributed by atoms with Crippen molar-refractivity contribution in [1.82, 2.24) is 5.32 Å². The SMILES string of the molecule is CC(NC(C)c1ccc(Cl)c(Cl)c1)C(=O)Nc1cc([N+](=O)[O-])ccc1Cl. The monoisotopic (exact) mass is 415 g/mol. The van der Waals surface area contributed by atoms with Gasteiger partial charge in [0, 0.05) is 18.2 Å². The lowest BCUT2D eigenvalue weighted by Gasteiger charge is -2.20. The molecule has 1 amide bonds. The van der Waals surface area contributed by atoms with Crippen LogP contribution in [0.2, 0.25) is 15.1 Å². The summed E-state index contributed by atoms with van der Waals surface area (Å²) in [5.74, 6) is -0.376. The molecular weight excluding hydrogens is 401 g/mol. The smallest absolute Gasteiger partial charge is 0.271 e. The van der Waals surface area contributed by atoms with Gasteiger partial charge < -0.3 is 5.32 Å². The minimum absolute atomic E-state index is 0.158. The van der Waals surface area contributed by atoms with Crippen LogP contribution >= 0.6 is 34.8 Å². The van der Waals surface area contributed by atoms with Crippen molar-refractivity contribution in [3.8, 4) is 0 Å². The Balaban J connectivity index is 2.06. The zero-order valence-corrected chi connectivity index (χ0v) is 16.2. The van der Waals surface area contributed by atoms with E-state index < -0.39 is 11.0 Å². The first-order valence-electron chi connectivity index (χ1n) is 7.65. The van der Waals surface area contributed by atoms with Gasteiger partial charge >= 0.3 is 0 Å². The highest BCUT2D eigenvalue weighted by Crippen LogP contribution is 2.28. The first-order valence-corrected chi connectivity index (χ1v) is 8.78. The molecule has 2 rings (SSSR count). The van der Waals surface area contributed by atoms with E-state index >= 15 is 0 Å². The molecule has 0 saturated heterocycles. The van der Waals surface area contributed by atoms with E-state index in [1.807, 2.05) is 13.0 Å². The fraction of sp³-hybridized carbons (Fsp3) is 0.235. The second-order valence-corrected chi connectivity index (χ2v) is 6.92. The molecule has 26 heavy (non-hydrogen) atoms. The summed E-state index contributed by atoms with van der Waals surface area (Å²) >= 11 is 17.9. The average Bonchev–Trinajstić information content (AvgIpc) is 2.58. The molecule has 2 aromatic carbocycles. The molecular formula is C17H16Cl3N3O3. The fourth-order valence-corrected chi connectivity index (χ4v) is 2.76. The van der Waals surface area contributed by atoms with Gasteiger partial charge in [0.05, 0.1) is 31.7 Å². The number of carbonyl (C=O) groups excluding carboxylic acids is 1. The summed E-state index contributed by atoms with van der Waals surface area (Å²) in [6, 6.07) is 8.32. The number of nitrogens with zero attached hydrogens (tertiary/aromatic N) is 1.